The van der Waals surface area contributed by atoms with Crippen molar-refractivity contribution < 1.29 is 18.3 Å². The normalized spacial score (nSPS) is 50.1. The molecule has 124 valence electrons. The summed E-state index contributed by atoms with van der Waals surface area (Å²) < 4.78 is 40.5. The van der Waals surface area contributed by atoms with Crippen molar-refractivity contribution in [2.45, 2.75) is 56.0 Å². The molecule has 5 fully saturated rings. The molecule has 4 saturated carbocycles. The molecule has 0 radical (unpaired) electrons. The van der Waals surface area contributed by atoms with Gasteiger partial charge in [-0.25, -0.2) is 10.4 Å². The van der Waals surface area contributed by atoms with Crippen LogP contribution in [0.15, 0.2) is 0 Å². The summed E-state index contributed by atoms with van der Waals surface area (Å²) in [5.41, 5.74) is 4.70. The van der Waals surface area contributed by atoms with E-state index in [4.69, 9.17) is 18.0 Å². The van der Waals surface area contributed by atoms with Gasteiger partial charge in [-0.3, -0.25) is 0 Å². The second-order valence-electron chi connectivity index (χ2n) is 7.62. The van der Waals surface area contributed by atoms with E-state index in [0.29, 0.717) is 16.8 Å². The van der Waals surface area contributed by atoms with E-state index in [-0.39, 0.29) is 18.3 Å². The molecule has 1 saturated heterocycles. The van der Waals surface area contributed by atoms with Crippen molar-refractivity contribution in [2.75, 3.05) is 0 Å². The van der Waals surface area contributed by atoms with Crippen LogP contribution >= 0.6 is 12.2 Å². The summed E-state index contributed by atoms with van der Waals surface area (Å²) in [7, 11) is 0. The lowest BCUT2D eigenvalue weighted by atomic mass is 9.48. The third-order valence-corrected chi connectivity index (χ3v) is 6.68. The van der Waals surface area contributed by atoms with E-state index >= 15 is 0 Å². The third kappa shape index (κ3) is 1.74. The topological polar surface area (TPSA) is 61.5 Å². The van der Waals surface area contributed by atoms with Crippen LogP contribution < -0.4 is 11.2 Å². The minimum Gasteiger partial charge on any atom is -0.375 e. The van der Waals surface area contributed by atoms with Crippen LogP contribution in [-0.4, -0.2) is 32.7 Å². The molecular weight excluding hydrogens is 315 g/mol. The highest BCUT2D eigenvalue weighted by molar-refractivity contribution is 7.80. The Bertz CT molecular complexity index is 498. The van der Waals surface area contributed by atoms with E-state index in [2.05, 4.69) is 5.43 Å². The van der Waals surface area contributed by atoms with Crippen molar-refractivity contribution in [2.24, 2.45) is 29.4 Å². The summed E-state index contributed by atoms with van der Waals surface area (Å²) in [6.07, 6.45) is -0.195. The number of thiocarbonyl (C=S) groups is 1. The fraction of sp³-hybridized carbons (Fsp3) is 0.929. The molecule has 8 heteroatoms. The number of nitrogens with two attached hydrogens (primary N) is 1. The zero-order chi connectivity index (χ0) is 15.9. The minimum atomic E-state index is -4.80. The summed E-state index contributed by atoms with van der Waals surface area (Å²) in [5.74, 6) is 1.59. The summed E-state index contributed by atoms with van der Waals surface area (Å²) in [6, 6.07) is 0. The first-order chi connectivity index (χ1) is 10.2. The van der Waals surface area contributed by atoms with Crippen molar-refractivity contribution >= 4 is 17.3 Å². The standard InChI is InChI=1S/C14H20F3N3OS/c15-14(16,17)13(21)6-12(19-20(13)11(18)22)9-2-7-1-8(4-9)5-10(12)3-7/h7-10,19,21H,1-6H2,(H2,18,22). The zero-order valence-electron chi connectivity index (χ0n) is 12.1. The van der Waals surface area contributed by atoms with Crippen molar-refractivity contribution in [3.63, 3.8) is 0 Å². The number of alkyl halides is 3. The molecule has 0 aromatic carbocycles. The summed E-state index contributed by atoms with van der Waals surface area (Å²) in [5, 5.41) is 10.5. The van der Waals surface area contributed by atoms with E-state index in [9.17, 15) is 18.3 Å². The van der Waals surface area contributed by atoms with Crippen LogP contribution in [0.25, 0.3) is 0 Å². The molecule has 4 bridgehead atoms. The molecule has 0 amide bonds. The SMILES string of the molecule is NC(=S)N1NC2(CC1(O)C(F)(F)F)C1CC3CC(C1)CC2C3. The highest BCUT2D eigenvalue weighted by atomic mass is 32.1. The predicted molar refractivity (Wildman–Crippen MR) is 77.2 cm³/mol. The van der Waals surface area contributed by atoms with Crippen LogP contribution in [0.4, 0.5) is 13.2 Å². The number of nitrogens with one attached hydrogen (secondary N) is 1. The largest absolute Gasteiger partial charge is 0.438 e. The number of halogens is 3. The third-order valence-electron chi connectivity index (χ3n) is 6.50. The second kappa shape index (κ2) is 4.27. The Labute approximate surface area is 132 Å². The number of rotatable bonds is 0. The van der Waals surface area contributed by atoms with E-state index in [1.165, 1.54) is 6.42 Å². The fourth-order valence-electron chi connectivity index (χ4n) is 5.79. The lowest BCUT2D eigenvalue weighted by Crippen LogP contribution is -2.65. The number of hydrogen-bond donors (Lipinski definition) is 3. The number of hydrogen-bond acceptors (Lipinski definition) is 3. The maximum absolute atomic E-state index is 13.5. The van der Waals surface area contributed by atoms with Gasteiger partial charge in [0.2, 0.25) is 0 Å². The Kier molecular flexibility index (Phi) is 2.90. The van der Waals surface area contributed by atoms with Gasteiger partial charge in [-0.15, -0.1) is 0 Å². The number of hydrazine groups is 1. The van der Waals surface area contributed by atoms with E-state index in [1.54, 1.807) is 0 Å². The molecule has 5 rings (SSSR count). The average molecular weight is 335 g/mol. The van der Waals surface area contributed by atoms with Crippen LogP contribution in [0.1, 0.15) is 38.5 Å². The highest BCUT2D eigenvalue weighted by Gasteiger charge is 2.72. The van der Waals surface area contributed by atoms with Gasteiger partial charge in [-0.05, 0) is 68.0 Å². The highest BCUT2D eigenvalue weighted by Crippen LogP contribution is 2.63. The molecule has 1 spiro atoms. The molecular formula is C14H20F3N3OS. The fourth-order valence-corrected chi connectivity index (χ4v) is 5.98. The van der Waals surface area contributed by atoms with Gasteiger partial charge in [0.25, 0.3) is 5.72 Å². The molecule has 1 atom stereocenters. The van der Waals surface area contributed by atoms with Gasteiger partial charge in [-0.2, -0.15) is 13.2 Å². The molecule has 0 aromatic rings. The maximum atomic E-state index is 13.5. The van der Waals surface area contributed by atoms with E-state index < -0.39 is 22.6 Å². The maximum Gasteiger partial charge on any atom is 0.438 e. The van der Waals surface area contributed by atoms with Crippen LogP contribution in [0.5, 0.6) is 0 Å². The molecule has 1 heterocycles. The molecule has 5 aliphatic rings. The molecule has 4 aliphatic carbocycles. The van der Waals surface area contributed by atoms with Gasteiger partial charge in [-0.1, -0.05) is 0 Å². The first-order valence-corrected chi connectivity index (χ1v) is 8.23. The van der Waals surface area contributed by atoms with Crippen molar-refractivity contribution in [1.82, 2.24) is 10.4 Å². The second-order valence-corrected chi connectivity index (χ2v) is 8.04. The Morgan fingerprint density at radius 3 is 2.00 bits per heavy atom. The van der Waals surface area contributed by atoms with E-state index in [1.807, 2.05) is 0 Å². The number of nitrogens with zero attached hydrogens (tertiary/aromatic N) is 1. The van der Waals surface area contributed by atoms with Gasteiger partial charge in [0.05, 0.1) is 0 Å². The molecule has 22 heavy (non-hydrogen) atoms. The van der Waals surface area contributed by atoms with Crippen LogP contribution in [-0.2, 0) is 0 Å². The monoisotopic (exact) mass is 335 g/mol. The minimum absolute atomic E-state index is 0.164. The molecule has 4 nitrogen and oxygen atoms in total. The zero-order valence-corrected chi connectivity index (χ0v) is 12.9. The van der Waals surface area contributed by atoms with Gasteiger partial charge < -0.3 is 10.8 Å². The average Bonchev–Trinajstić information content (AvgIpc) is 2.71. The molecule has 1 unspecified atom stereocenters. The van der Waals surface area contributed by atoms with Gasteiger partial charge in [0.1, 0.15) is 0 Å². The van der Waals surface area contributed by atoms with Crippen LogP contribution in [0.3, 0.4) is 0 Å². The van der Waals surface area contributed by atoms with Crippen LogP contribution in [0, 0.1) is 23.7 Å². The molecule has 4 N–H and O–H groups in total. The number of aliphatic hydroxyl groups is 1. The Balaban J connectivity index is 1.74. The predicted octanol–water partition coefficient (Wildman–Crippen LogP) is 1.89. The van der Waals surface area contributed by atoms with E-state index in [0.717, 1.165) is 25.7 Å². The lowest BCUT2D eigenvalue weighted by molar-refractivity contribution is -0.297. The molecule has 1 aliphatic heterocycles. The van der Waals surface area contributed by atoms with Crippen molar-refractivity contribution in [3.05, 3.63) is 0 Å². The summed E-state index contributed by atoms with van der Waals surface area (Å²) in [4.78, 5) is 0. The van der Waals surface area contributed by atoms with Crippen molar-refractivity contribution in [1.29, 1.82) is 0 Å². The lowest BCUT2D eigenvalue weighted by Gasteiger charge is -2.60. The first kappa shape index (κ1) is 15.0. The van der Waals surface area contributed by atoms with Gasteiger partial charge in [0.15, 0.2) is 5.11 Å². The van der Waals surface area contributed by atoms with Gasteiger partial charge >= 0.3 is 6.18 Å². The molecule has 0 aromatic heterocycles. The smallest absolute Gasteiger partial charge is 0.375 e. The Morgan fingerprint density at radius 2 is 1.64 bits per heavy atom. The Hall–Kier alpha value is -0.600. The van der Waals surface area contributed by atoms with Crippen LogP contribution in [0.2, 0.25) is 0 Å². The Morgan fingerprint density at radius 1 is 1.14 bits per heavy atom. The van der Waals surface area contributed by atoms with Gasteiger partial charge in [0, 0.05) is 12.0 Å². The van der Waals surface area contributed by atoms with Crippen molar-refractivity contribution in [3.8, 4) is 0 Å². The summed E-state index contributed by atoms with van der Waals surface area (Å²) in [6.45, 7) is 0. The quantitative estimate of drug-likeness (QED) is 0.590. The first-order valence-electron chi connectivity index (χ1n) is 7.82. The summed E-state index contributed by atoms with van der Waals surface area (Å²) >= 11 is 4.77.